The Balaban J connectivity index is 0. The molecule has 0 aromatic carbocycles. The zero-order chi connectivity index (χ0) is 12.8. The van der Waals surface area contributed by atoms with Crippen molar-refractivity contribution in [2.75, 3.05) is 0 Å². The average molecular weight is 224 g/mol. The lowest BCUT2D eigenvalue weighted by Crippen LogP contribution is -2.06. The molecule has 0 spiro atoms. The Morgan fingerprint density at radius 1 is 1.38 bits per heavy atom. The number of unbranched alkanes of at least 4 members (excludes halogenated alkanes) is 1. The van der Waals surface area contributed by atoms with Crippen molar-refractivity contribution in [1.82, 2.24) is 0 Å². The zero-order valence-electron chi connectivity index (χ0n) is 11.6. The quantitative estimate of drug-likeness (QED) is 0.423. The van der Waals surface area contributed by atoms with Gasteiger partial charge in [0.15, 0.2) is 0 Å². The highest BCUT2D eigenvalue weighted by molar-refractivity contribution is 5.15. The summed E-state index contributed by atoms with van der Waals surface area (Å²) >= 11 is 0. The SMILES string of the molecule is C=C/C=C\C(=C/C)OC(C)CCCC.CC. The van der Waals surface area contributed by atoms with E-state index in [2.05, 4.69) is 20.4 Å². The molecule has 0 radical (unpaired) electrons. The summed E-state index contributed by atoms with van der Waals surface area (Å²) in [6.45, 7) is 13.9. The van der Waals surface area contributed by atoms with E-state index < -0.39 is 0 Å². The standard InChI is InChI=1S/C13H22O.C2H6/c1-5-8-10-12(4)14-13(7-3)11-9-6-2;1-2/h6-7,9,11-12H,2,5,8,10H2,1,3-4H3;1-2H3/b11-9-,13-7+;. The molecule has 1 nitrogen and oxygen atoms in total. The van der Waals surface area contributed by atoms with Gasteiger partial charge >= 0.3 is 0 Å². The van der Waals surface area contributed by atoms with Gasteiger partial charge in [0, 0.05) is 0 Å². The molecule has 0 saturated heterocycles. The highest BCUT2D eigenvalue weighted by Crippen LogP contribution is 2.10. The lowest BCUT2D eigenvalue weighted by Gasteiger charge is -2.14. The Kier molecular flexibility index (Phi) is 15.3. The highest BCUT2D eigenvalue weighted by Gasteiger charge is 2.02. The molecule has 94 valence electrons. The summed E-state index contributed by atoms with van der Waals surface area (Å²) in [5, 5.41) is 0. The molecule has 0 heterocycles. The molecule has 0 aliphatic carbocycles. The lowest BCUT2D eigenvalue weighted by molar-refractivity contribution is 0.130. The van der Waals surface area contributed by atoms with Gasteiger partial charge in [-0.15, -0.1) is 0 Å². The Hall–Kier alpha value is -0.980. The minimum absolute atomic E-state index is 0.301. The van der Waals surface area contributed by atoms with Gasteiger partial charge < -0.3 is 4.74 Å². The normalized spacial score (nSPS) is 12.9. The van der Waals surface area contributed by atoms with Crippen molar-refractivity contribution in [1.29, 1.82) is 0 Å². The van der Waals surface area contributed by atoms with Crippen LogP contribution in [0.1, 0.15) is 53.9 Å². The minimum Gasteiger partial charge on any atom is -0.491 e. The largest absolute Gasteiger partial charge is 0.491 e. The number of hydrogen-bond acceptors (Lipinski definition) is 1. The molecule has 0 aromatic rings. The van der Waals surface area contributed by atoms with E-state index in [9.17, 15) is 0 Å². The highest BCUT2D eigenvalue weighted by atomic mass is 16.5. The summed E-state index contributed by atoms with van der Waals surface area (Å²) in [7, 11) is 0. The van der Waals surface area contributed by atoms with Gasteiger partial charge in [0.2, 0.25) is 0 Å². The van der Waals surface area contributed by atoms with Gasteiger partial charge in [-0.1, -0.05) is 52.3 Å². The second-order valence-electron chi connectivity index (χ2n) is 3.36. The molecule has 0 aliphatic rings. The topological polar surface area (TPSA) is 9.23 Å². The van der Waals surface area contributed by atoms with Crippen LogP contribution in [-0.4, -0.2) is 6.10 Å². The Morgan fingerprint density at radius 2 is 2.00 bits per heavy atom. The fourth-order valence-electron chi connectivity index (χ4n) is 1.15. The predicted octanol–water partition coefficient (Wildman–Crippen LogP) is 5.25. The van der Waals surface area contributed by atoms with Crippen molar-refractivity contribution in [3.63, 3.8) is 0 Å². The van der Waals surface area contributed by atoms with E-state index in [1.54, 1.807) is 6.08 Å². The third kappa shape index (κ3) is 11.1. The van der Waals surface area contributed by atoms with Crippen LogP contribution in [0.4, 0.5) is 0 Å². The molecular weight excluding hydrogens is 196 g/mol. The van der Waals surface area contributed by atoms with Crippen molar-refractivity contribution in [3.8, 4) is 0 Å². The predicted molar refractivity (Wildman–Crippen MR) is 74.5 cm³/mol. The van der Waals surface area contributed by atoms with E-state index in [0.717, 1.165) is 12.2 Å². The maximum atomic E-state index is 5.73. The van der Waals surface area contributed by atoms with Crippen LogP contribution in [0.15, 0.2) is 36.6 Å². The van der Waals surface area contributed by atoms with Gasteiger partial charge in [0.05, 0.1) is 6.10 Å². The maximum absolute atomic E-state index is 5.73. The van der Waals surface area contributed by atoms with Crippen LogP contribution >= 0.6 is 0 Å². The summed E-state index contributed by atoms with van der Waals surface area (Å²) in [6.07, 6.45) is 11.4. The number of ether oxygens (including phenoxy) is 1. The van der Waals surface area contributed by atoms with E-state index in [1.807, 2.05) is 39.0 Å². The summed E-state index contributed by atoms with van der Waals surface area (Å²) in [5.74, 6) is 0.925. The van der Waals surface area contributed by atoms with E-state index in [-0.39, 0.29) is 0 Å². The molecule has 0 aliphatic heterocycles. The number of rotatable bonds is 7. The maximum Gasteiger partial charge on any atom is 0.115 e. The molecule has 1 atom stereocenters. The van der Waals surface area contributed by atoms with Crippen LogP contribution in [0, 0.1) is 0 Å². The van der Waals surface area contributed by atoms with E-state index >= 15 is 0 Å². The summed E-state index contributed by atoms with van der Waals surface area (Å²) < 4.78 is 5.73. The van der Waals surface area contributed by atoms with E-state index in [1.165, 1.54) is 12.8 Å². The summed E-state index contributed by atoms with van der Waals surface area (Å²) in [6, 6.07) is 0. The molecule has 0 aromatic heterocycles. The van der Waals surface area contributed by atoms with Gasteiger partial charge in [0.1, 0.15) is 5.76 Å². The van der Waals surface area contributed by atoms with Crippen molar-refractivity contribution in [2.24, 2.45) is 0 Å². The fraction of sp³-hybridized carbons (Fsp3) is 0.600. The first-order valence-corrected chi connectivity index (χ1v) is 6.36. The summed E-state index contributed by atoms with van der Waals surface area (Å²) in [4.78, 5) is 0. The Bertz CT molecular complexity index is 201. The van der Waals surface area contributed by atoms with Crippen LogP contribution < -0.4 is 0 Å². The number of hydrogen-bond donors (Lipinski definition) is 0. The molecule has 0 rings (SSSR count). The minimum atomic E-state index is 0.301. The molecule has 0 bridgehead atoms. The molecule has 0 amide bonds. The van der Waals surface area contributed by atoms with Gasteiger partial charge in [-0.25, -0.2) is 0 Å². The van der Waals surface area contributed by atoms with Crippen molar-refractivity contribution in [2.45, 2.75) is 60.0 Å². The first kappa shape index (κ1) is 17.4. The molecule has 0 fully saturated rings. The molecular formula is C15H28O. The van der Waals surface area contributed by atoms with Crippen LogP contribution in [0.5, 0.6) is 0 Å². The average Bonchev–Trinajstić information content (AvgIpc) is 2.34. The van der Waals surface area contributed by atoms with Crippen molar-refractivity contribution in [3.05, 3.63) is 36.6 Å². The third-order valence-corrected chi connectivity index (χ3v) is 1.98. The smallest absolute Gasteiger partial charge is 0.115 e. The first-order chi connectivity index (χ1) is 7.74. The Labute approximate surface area is 102 Å². The van der Waals surface area contributed by atoms with Crippen LogP contribution in [0.3, 0.4) is 0 Å². The molecule has 16 heavy (non-hydrogen) atoms. The van der Waals surface area contributed by atoms with Crippen LogP contribution in [0.25, 0.3) is 0 Å². The third-order valence-electron chi connectivity index (χ3n) is 1.98. The van der Waals surface area contributed by atoms with Crippen LogP contribution in [-0.2, 0) is 4.74 Å². The summed E-state index contributed by atoms with van der Waals surface area (Å²) in [5.41, 5.74) is 0. The van der Waals surface area contributed by atoms with Crippen molar-refractivity contribution < 1.29 is 4.74 Å². The fourth-order valence-corrected chi connectivity index (χ4v) is 1.15. The lowest BCUT2D eigenvalue weighted by atomic mass is 10.2. The monoisotopic (exact) mass is 224 g/mol. The first-order valence-electron chi connectivity index (χ1n) is 6.36. The van der Waals surface area contributed by atoms with Crippen LogP contribution in [0.2, 0.25) is 0 Å². The van der Waals surface area contributed by atoms with Gasteiger partial charge in [0.25, 0.3) is 0 Å². The van der Waals surface area contributed by atoms with E-state index in [4.69, 9.17) is 4.74 Å². The van der Waals surface area contributed by atoms with Gasteiger partial charge in [-0.3, -0.25) is 0 Å². The van der Waals surface area contributed by atoms with E-state index in [0.29, 0.717) is 6.10 Å². The van der Waals surface area contributed by atoms with Gasteiger partial charge in [-0.05, 0) is 32.4 Å². The second kappa shape index (κ2) is 14.0. The van der Waals surface area contributed by atoms with Gasteiger partial charge in [-0.2, -0.15) is 0 Å². The van der Waals surface area contributed by atoms with Crippen molar-refractivity contribution >= 4 is 0 Å². The molecule has 0 saturated carbocycles. The zero-order valence-corrected chi connectivity index (χ0v) is 11.6. The molecule has 0 N–H and O–H groups in total. The molecule has 1 unspecified atom stereocenters. The second-order valence-corrected chi connectivity index (χ2v) is 3.36. The Morgan fingerprint density at radius 3 is 2.44 bits per heavy atom. The number of allylic oxidation sites excluding steroid dienone is 4. The molecule has 1 heteroatoms.